The summed E-state index contributed by atoms with van der Waals surface area (Å²) >= 11 is 4.39. The molecule has 1 heterocycles. The van der Waals surface area contributed by atoms with Crippen molar-refractivity contribution < 1.29 is 13.2 Å². The van der Waals surface area contributed by atoms with Gasteiger partial charge in [-0.15, -0.1) is 11.3 Å². The first-order valence-electron chi connectivity index (χ1n) is 5.71. The van der Waals surface area contributed by atoms with Gasteiger partial charge in [-0.25, -0.2) is 13.1 Å². The molecule has 1 aromatic carbocycles. The van der Waals surface area contributed by atoms with Gasteiger partial charge in [0, 0.05) is 6.54 Å². The molecule has 0 bridgehead atoms. The first-order valence-corrected chi connectivity index (χ1v) is 8.80. The fourth-order valence-electron chi connectivity index (χ4n) is 1.46. The zero-order chi connectivity index (χ0) is 14.6. The summed E-state index contributed by atoms with van der Waals surface area (Å²) < 4.78 is 32.8. The van der Waals surface area contributed by atoms with Gasteiger partial charge in [-0.1, -0.05) is 12.1 Å². The fourth-order valence-corrected chi connectivity index (χ4v) is 4.53. The van der Waals surface area contributed by atoms with E-state index in [2.05, 4.69) is 20.7 Å². The molecule has 1 aromatic heterocycles. The van der Waals surface area contributed by atoms with Crippen LogP contribution < -0.4 is 15.2 Å². The molecule has 20 heavy (non-hydrogen) atoms. The predicted molar refractivity (Wildman–Crippen MR) is 83.6 cm³/mol. The monoisotopic (exact) mass is 376 g/mol. The summed E-state index contributed by atoms with van der Waals surface area (Å²) in [4.78, 5) is 0. The van der Waals surface area contributed by atoms with Crippen molar-refractivity contribution in [3.63, 3.8) is 0 Å². The molecule has 2 aromatic rings. The average Bonchev–Trinajstić information content (AvgIpc) is 2.84. The highest BCUT2D eigenvalue weighted by Gasteiger charge is 2.15. The molecule has 0 spiro atoms. The van der Waals surface area contributed by atoms with Crippen LogP contribution in [0, 0.1) is 0 Å². The van der Waals surface area contributed by atoms with E-state index in [1.54, 1.807) is 36.4 Å². The van der Waals surface area contributed by atoms with E-state index in [1.807, 2.05) is 0 Å². The van der Waals surface area contributed by atoms with E-state index in [0.29, 0.717) is 11.4 Å². The molecule has 0 saturated carbocycles. The Morgan fingerprint density at radius 3 is 2.65 bits per heavy atom. The third-order valence-electron chi connectivity index (χ3n) is 2.38. The standard InChI is InChI=1S/C12H13BrN2O3S2/c13-11-5-6-12(19-11)20(16,17)15-7-8-18-10-4-2-1-3-9(10)14/h1-6,15H,7-8,14H2. The van der Waals surface area contributed by atoms with Crippen molar-refractivity contribution in [3.05, 3.63) is 40.2 Å². The predicted octanol–water partition coefficient (Wildman–Crippen LogP) is 2.45. The smallest absolute Gasteiger partial charge is 0.250 e. The van der Waals surface area contributed by atoms with Crippen molar-refractivity contribution in [3.8, 4) is 5.75 Å². The molecule has 0 amide bonds. The van der Waals surface area contributed by atoms with Gasteiger partial charge in [-0.05, 0) is 40.2 Å². The van der Waals surface area contributed by atoms with Gasteiger partial charge in [0.05, 0.1) is 9.47 Å². The maximum Gasteiger partial charge on any atom is 0.250 e. The molecule has 3 N–H and O–H groups in total. The molecule has 0 saturated heterocycles. The Labute approximate surface area is 129 Å². The van der Waals surface area contributed by atoms with E-state index < -0.39 is 10.0 Å². The Bertz CT molecular complexity index is 686. The molecule has 0 unspecified atom stereocenters. The lowest BCUT2D eigenvalue weighted by atomic mass is 10.3. The molecule has 2 rings (SSSR count). The minimum Gasteiger partial charge on any atom is -0.490 e. The highest BCUT2D eigenvalue weighted by Crippen LogP contribution is 2.25. The van der Waals surface area contributed by atoms with Gasteiger partial charge in [-0.3, -0.25) is 0 Å². The van der Waals surface area contributed by atoms with Crippen molar-refractivity contribution in [2.75, 3.05) is 18.9 Å². The molecule has 108 valence electrons. The molecule has 0 aliphatic rings. The minimum absolute atomic E-state index is 0.173. The van der Waals surface area contributed by atoms with Gasteiger partial charge in [0.2, 0.25) is 10.0 Å². The summed E-state index contributed by atoms with van der Waals surface area (Å²) in [6.07, 6.45) is 0. The number of hydrogen-bond acceptors (Lipinski definition) is 5. The second-order valence-electron chi connectivity index (χ2n) is 3.84. The molecule has 0 atom stereocenters. The van der Waals surface area contributed by atoms with Gasteiger partial charge in [-0.2, -0.15) is 0 Å². The zero-order valence-electron chi connectivity index (χ0n) is 10.4. The van der Waals surface area contributed by atoms with Crippen LogP contribution in [-0.2, 0) is 10.0 Å². The zero-order valence-corrected chi connectivity index (χ0v) is 13.6. The third kappa shape index (κ3) is 3.95. The van der Waals surface area contributed by atoms with E-state index >= 15 is 0 Å². The molecular weight excluding hydrogens is 364 g/mol. The maximum absolute atomic E-state index is 11.9. The highest BCUT2D eigenvalue weighted by molar-refractivity contribution is 9.11. The van der Waals surface area contributed by atoms with Crippen LogP contribution in [0.25, 0.3) is 0 Å². The first kappa shape index (κ1) is 15.3. The Morgan fingerprint density at radius 1 is 1.25 bits per heavy atom. The summed E-state index contributed by atoms with van der Waals surface area (Å²) in [5.41, 5.74) is 6.24. The SMILES string of the molecule is Nc1ccccc1OCCNS(=O)(=O)c1ccc(Br)s1. The van der Waals surface area contributed by atoms with Crippen LogP contribution in [0.3, 0.4) is 0 Å². The molecular formula is C12H13BrN2O3S2. The van der Waals surface area contributed by atoms with Crippen LogP contribution in [0.2, 0.25) is 0 Å². The number of anilines is 1. The van der Waals surface area contributed by atoms with Gasteiger partial charge < -0.3 is 10.5 Å². The van der Waals surface area contributed by atoms with Crippen LogP contribution in [-0.4, -0.2) is 21.6 Å². The Balaban J connectivity index is 1.86. The first-order chi connectivity index (χ1) is 9.49. The normalized spacial score (nSPS) is 11.4. The molecule has 0 aliphatic carbocycles. The van der Waals surface area contributed by atoms with E-state index in [9.17, 15) is 8.42 Å². The van der Waals surface area contributed by atoms with Crippen LogP contribution in [0.1, 0.15) is 0 Å². The number of thiophene rings is 1. The maximum atomic E-state index is 11.9. The summed E-state index contributed by atoms with van der Waals surface area (Å²) in [5, 5.41) is 0. The number of nitrogens with two attached hydrogens (primary N) is 1. The topological polar surface area (TPSA) is 81.4 Å². The van der Waals surface area contributed by atoms with E-state index in [0.717, 1.165) is 15.1 Å². The number of rotatable bonds is 6. The Hall–Kier alpha value is -1.09. The molecule has 0 radical (unpaired) electrons. The second-order valence-corrected chi connectivity index (χ2v) is 8.30. The van der Waals surface area contributed by atoms with Crippen molar-refractivity contribution in [1.29, 1.82) is 0 Å². The fraction of sp³-hybridized carbons (Fsp3) is 0.167. The molecule has 8 heteroatoms. The third-order valence-corrected chi connectivity index (χ3v) is 5.96. The summed E-state index contributed by atoms with van der Waals surface area (Å²) in [6, 6.07) is 10.3. The van der Waals surface area contributed by atoms with Crippen molar-refractivity contribution in [2.45, 2.75) is 4.21 Å². The van der Waals surface area contributed by atoms with Gasteiger partial charge in [0.1, 0.15) is 16.6 Å². The number of nitrogens with one attached hydrogen (secondary N) is 1. The van der Waals surface area contributed by atoms with Crippen molar-refractivity contribution >= 4 is 43.0 Å². The van der Waals surface area contributed by atoms with Crippen molar-refractivity contribution in [1.82, 2.24) is 4.72 Å². The van der Waals surface area contributed by atoms with Crippen LogP contribution in [0.5, 0.6) is 5.75 Å². The average molecular weight is 377 g/mol. The largest absolute Gasteiger partial charge is 0.490 e. The highest BCUT2D eigenvalue weighted by atomic mass is 79.9. The van der Waals surface area contributed by atoms with Crippen molar-refractivity contribution in [2.24, 2.45) is 0 Å². The number of sulfonamides is 1. The number of nitrogen functional groups attached to an aromatic ring is 1. The number of benzene rings is 1. The van der Waals surface area contributed by atoms with Crippen LogP contribution in [0.15, 0.2) is 44.4 Å². The van der Waals surface area contributed by atoms with E-state index in [1.165, 1.54) is 0 Å². The number of para-hydroxylation sites is 2. The van der Waals surface area contributed by atoms with Gasteiger partial charge in [0.25, 0.3) is 0 Å². The van der Waals surface area contributed by atoms with Crippen LogP contribution >= 0.6 is 27.3 Å². The van der Waals surface area contributed by atoms with Crippen LogP contribution in [0.4, 0.5) is 5.69 Å². The van der Waals surface area contributed by atoms with E-state index in [-0.39, 0.29) is 17.4 Å². The summed E-state index contributed by atoms with van der Waals surface area (Å²) in [7, 11) is -3.48. The molecule has 0 fully saturated rings. The number of ether oxygens (including phenoxy) is 1. The van der Waals surface area contributed by atoms with Gasteiger partial charge in [0.15, 0.2) is 0 Å². The lowest BCUT2D eigenvalue weighted by molar-refractivity contribution is 0.324. The summed E-state index contributed by atoms with van der Waals surface area (Å²) in [5.74, 6) is 0.547. The molecule has 0 aliphatic heterocycles. The lowest BCUT2D eigenvalue weighted by Gasteiger charge is -2.09. The minimum atomic E-state index is -3.48. The number of halogens is 1. The van der Waals surface area contributed by atoms with Gasteiger partial charge >= 0.3 is 0 Å². The Morgan fingerprint density at radius 2 is 2.00 bits per heavy atom. The van der Waals surface area contributed by atoms with E-state index in [4.69, 9.17) is 10.5 Å². The second kappa shape index (κ2) is 6.57. The lowest BCUT2D eigenvalue weighted by Crippen LogP contribution is -2.27. The Kier molecular flexibility index (Phi) is 5.03. The number of hydrogen-bond donors (Lipinski definition) is 2. The molecule has 5 nitrogen and oxygen atoms in total. The summed E-state index contributed by atoms with van der Waals surface area (Å²) in [6.45, 7) is 0.381. The quantitative estimate of drug-likeness (QED) is 0.599.